The Morgan fingerprint density at radius 1 is 1.16 bits per heavy atom. The number of anilines is 1. The van der Waals surface area contributed by atoms with E-state index in [0.29, 0.717) is 5.57 Å². The fraction of sp³-hybridized carbons (Fsp3) is 0.385. The highest BCUT2D eigenvalue weighted by molar-refractivity contribution is 7.66. The van der Waals surface area contributed by atoms with Gasteiger partial charge in [-0.05, 0) is 5.57 Å². The summed E-state index contributed by atoms with van der Waals surface area (Å²) in [5.74, 6) is -2.30. The zero-order valence-corrected chi connectivity index (χ0v) is 18.5. The number of aromatic nitrogens is 3. The number of rotatable bonds is 9. The van der Waals surface area contributed by atoms with E-state index in [2.05, 4.69) is 29.7 Å². The van der Waals surface area contributed by atoms with Crippen LogP contribution in [0.5, 0.6) is 0 Å². The summed E-state index contributed by atoms with van der Waals surface area (Å²) < 4.78 is 61.5. The van der Waals surface area contributed by atoms with Gasteiger partial charge in [-0.25, -0.2) is 28.1 Å². The maximum Gasteiger partial charge on any atom is 0.490 e. The van der Waals surface area contributed by atoms with Crippen LogP contribution in [0, 0.1) is 17.7 Å². The number of aliphatic hydroxyl groups is 1. The average molecular weight is 518 g/mol. The number of hydrogen-bond donors (Lipinski definition) is 6. The van der Waals surface area contributed by atoms with Crippen molar-refractivity contribution in [3.8, 4) is 0 Å². The summed E-state index contributed by atoms with van der Waals surface area (Å²) in [7, 11) is -16.5. The third kappa shape index (κ3) is 5.16. The third-order valence-corrected chi connectivity index (χ3v) is 8.52. The summed E-state index contributed by atoms with van der Waals surface area (Å²) in [6.45, 7) is 2.67. The van der Waals surface area contributed by atoms with Gasteiger partial charge >= 0.3 is 23.5 Å². The molecule has 2 heterocycles. The molecule has 178 valence electrons. The van der Waals surface area contributed by atoms with Crippen molar-refractivity contribution in [2.45, 2.75) is 6.04 Å². The number of nitrogens with two attached hydrogens (primary N) is 1. The second kappa shape index (κ2) is 8.67. The number of nitrogens with zero attached hydrogens (tertiary/aromatic N) is 3. The lowest BCUT2D eigenvalue weighted by molar-refractivity contribution is 0.0501. The van der Waals surface area contributed by atoms with Gasteiger partial charge in [-0.1, -0.05) is 6.58 Å². The Morgan fingerprint density at radius 2 is 1.81 bits per heavy atom. The first-order valence-corrected chi connectivity index (χ1v) is 13.0. The number of aliphatic hydroxyl groups excluding tert-OH is 1. The maximum atomic E-state index is 14.3. The largest absolute Gasteiger partial charge is 0.490 e. The molecular weight excluding hydrogens is 500 g/mol. The van der Waals surface area contributed by atoms with Crippen molar-refractivity contribution in [2.75, 3.05) is 18.9 Å². The van der Waals surface area contributed by atoms with Crippen LogP contribution in [0.25, 0.3) is 11.0 Å². The van der Waals surface area contributed by atoms with Gasteiger partial charge in [0.2, 0.25) is 0 Å². The maximum absolute atomic E-state index is 14.3. The van der Waals surface area contributed by atoms with Crippen molar-refractivity contribution in [1.29, 1.82) is 0 Å². The van der Waals surface area contributed by atoms with E-state index in [1.165, 1.54) is 4.57 Å². The van der Waals surface area contributed by atoms with Crippen molar-refractivity contribution in [1.82, 2.24) is 14.5 Å². The van der Waals surface area contributed by atoms with E-state index < -0.39 is 60.4 Å². The fourth-order valence-corrected chi connectivity index (χ4v) is 6.51. The zero-order valence-electron chi connectivity index (χ0n) is 15.8. The topological polar surface area (TPSA) is 237 Å². The van der Waals surface area contributed by atoms with Crippen LogP contribution >= 0.6 is 23.5 Å². The highest BCUT2D eigenvalue weighted by Crippen LogP contribution is 2.66. The number of halogens is 1. The van der Waals surface area contributed by atoms with Gasteiger partial charge in [0.15, 0.2) is 5.82 Å². The molecule has 2 unspecified atom stereocenters. The first-order chi connectivity index (χ1) is 14.7. The lowest BCUT2D eigenvalue weighted by Gasteiger charge is -2.46. The van der Waals surface area contributed by atoms with E-state index >= 15 is 0 Å². The molecule has 3 rings (SSSR count). The standard InChI is InChI=1S/C13H18FN4O11P3/c1-6-8(4-27-31(23,24)29-32(25,26)28-30(20,21)22)7(3-19)11(6)18-2-9(14)10-12(15)16-5-17-13(10)18/h2,5,7-8,11,19H,1,3-4H2,(H,23,24)(H,25,26)(H2,15,16,17)(H2,20,21,22)/t7-,8+,11-/m1/s1. The van der Waals surface area contributed by atoms with Gasteiger partial charge in [0.05, 0.1) is 18.0 Å². The molecule has 0 radical (unpaired) electrons. The van der Waals surface area contributed by atoms with Crippen LogP contribution in [-0.2, 0) is 26.8 Å². The molecule has 32 heavy (non-hydrogen) atoms. The molecule has 5 atom stereocenters. The lowest BCUT2D eigenvalue weighted by Crippen LogP contribution is -2.45. The Bertz CT molecular complexity index is 1200. The number of phosphoric ester groups is 1. The molecule has 1 aliphatic carbocycles. The van der Waals surface area contributed by atoms with Gasteiger partial charge in [0.1, 0.15) is 17.8 Å². The Labute approximate surface area is 178 Å². The zero-order chi connectivity index (χ0) is 24.1. The van der Waals surface area contributed by atoms with Crippen LogP contribution in [0.1, 0.15) is 6.04 Å². The van der Waals surface area contributed by atoms with Crippen LogP contribution in [0.15, 0.2) is 24.7 Å². The fourth-order valence-electron chi connectivity index (χ4n) is 3.47. The molecule has 0 bridgehead atoms. The van der Waals surface area contributed by atoms with Gasteiger partial charge in [-0.3, -0.25) is 4.52 Å². The van der Waals surface area contributed by atoms with E-state index in [1.807, 2.05) is 0 Å². The number of phosphoric acid groups is 3. The molecule has 1 saturated carbocycles. The van der Waals surface area contributed by atoms with E-state index in [0.717, 1.165) is 12.5 Å². The number of fused-ring (bicyclic) bond motifs is 1. The predicted octanol–water partition coefficient (Wildman–Crippen LogP) is 0.831. The van der Waals surface area contributed by atoms with Crippen molar-refractivity contribution in [2.24, 2.45) is 11.8 Å². The quantitative estimate of drug-likeness (QED) is 0.199. The second-order valence-electron chi connectivity index (χ2n) is 6.70. The van der Waals surface area contributed by atoms with Crippen LogP contribution < -0.4 is 5.73 Å². The predicted molar refractivity (Wildman–Crippen MR) is 104 cm³/mol. The normalized spacial score (nSPS) is 25.3. The average Bonchev–Trinajstić information content (AvgIpc) is 2.93. The van der Waals surface area contributed by atoms with Gasteiger partial charge in [0.25, 0.3) is 0 Å². The van der Waals surface area contributed by atoms with Crippen molar-refractivity contribution in [3.63, 3.8) is 0 Å². The van der Waals surface area contributed by atoms with Crippen molar-refractivity contribution < 1.29 is 55.9 Å². The lowest BCUT2D eigenvalue weighted by atomic mass is 9.66. The van der Waals surface area contributed by atoms with Gasteiger partial charge in [0, 0.05) is 24.6 Å². The summed E-state index contributed by atoms with van der Waals surface area (Å²) in [6, 6.07) is -0.698. The number of nitrogen functional groups attached to an aromatic ring is 1. The Kier molecular flexibility index (Phi) is 6.80. The third-order valence-electron chi connectivity index (χ3n) is 4.71. The minimum Gasteiger partial charge on any atom is -0.396 e. The molecule has 0 aromatic carbocycles. The Morgan fingerprint density at radius 3 is 2.41 bits per heavy atom. The van der Waals surface area contributed by atoms with Crippen LogP contribution in [0.3, 0.4) is 0 Å². The summed E-state index contributed by atoms with van der Waals surface area (Å²) >= 11 is 0. The molecule has 0 aliphatic heterocycles. The SMILES string of the molecule is C=C1[C@@H](n2cc(F)c3c(N)ncnc32)[C@H](CO)[C@H]1COP(=O)(O)OP(=O)(O)OP(=O)(O)O. The van der Waals surface area contributed by atoms with E-state index in [1.54, 1.807) is 0 Å². The number of hydrogen-bond acceptors (Lipinski definition) is 10. The van der Waals surface area contributed by atoms with E-state index in [-0.39, 0.29) is 16.9 Å². The van der Waals surface area contributed by atoms with Gasteiger partial charge < -0.3 is 35.0 Å². The van der Waals surface area contributed by atoms with Crippen LogP contribution in [0.4, 0.5) is 10.2 Å². The second-order valence-corrected chi connectivity index (χ2v) is 11.1. The first-order valence-electron chi connectivity index (χ1n) is 8.50. The molecule has 2 aromatic rings. The molecule has 1 fully saturated rings. The minimum absolute atomic E-state index is 0.0336. The molecule has 7 N–H and O–H groups in total. The highest BCUT2D eigenvalue weighted by atomic mass is 31.3. The van der Waals surface area contributed by atoms with E-state index in [4.69, 9.17) is 15.5 Å². The summed E-state index contributed by atoms with van der Waals surface area (Å²) in [4.78, 5) is 43.5. The molecule has 0 saturated heterocycles. The molecule has 0 amide bonds. The van der Waals surface area contributed by atoms with Crippen molar-refractivity contribution in [3.05, 3.63) is 30.5 Å². The Hall–Kier alpha value is -1.54. The monoisotopic (exact) mass is 518 g/mol. The molecule has 15 nitrogen and oxygen atoms in total. The molecule has 2 aromatic heterocycles. The molecule has 19 heteroatoms. The van der Waals surface area contributed by atoms with Crippen molar-refractivity contribution >= 4 is 40.3 Å². The van der Waals surface area contributed by atoms with Gasteiger partial charge in [-0.2, -0.15) is 8.62 Å². The smallest absolute Gasteiger partial charge is 0.396 e. The molecular formula is C13H18FN4O11P3. The first kappa shape index (κ1) is 25.1. The molecule has 1 aliphatic rings. The van der Waals surface area contributed by atoms with E-state index in [9.17, 15) is 33.0 Å². The Balaban J connectivity index is 1.74. The molecule has 0 spiro atoms. The van der Waals surface area contributed by atoms with Gasteiger partial charge in [-0.15, -0.1) is 0 Å². The van der Waals surface area contributed by atoms with Crippen LogP contribution in [-0.4, -0.2) is 52.4 Å². The summed E-state index contributed by atoms with van der Waals surface area (Å²) in [5.41, 5.74) is 6.13. The van der Waals surface area contributed by atoms with Crippen LogP contribution in [0.2, 0.25) is 0 Å². The minimum atomic E-state index is -5.66. The summed E-state index contributed by atoms with van der Waals surface area (Å²) in [5, 5.41) is 9.73. The highest BCUT2D eigenvalue weighted by Gasteiger charge is 2.48. The summed E-state index contributed by atoms with van der Waals surface area (Å²) in [6.07, 6.45) is 2.21.